The average molecular weight is 545 g/mol. The summed E-state index contributed by atoms with van der Waals surface area (Å²) in [6.45, 7) is 5.63. The van der Waals surface area contributed by atoms with Crippen molar-refractivity contribution in [3.05, 3.63) is 95.6 Å². The summed E-state index contributed by atoms with van der Waals surface area (Å²) in [5.74, 6) is -1.67. The number of ether oxygens (including phenoxy) is 2. The number of hydrogen-bond acceptors (Lipinski definition) is 5. The van der Waals surface area contributed by atoms with Gasteiger partial charge in [0.25, 0.3) is 0 Å². The Balaban J connectivity index is 1.25. The number of aliphatic carboxylic acids is 1. The van der Waals surface area contributed by atoms with Crippen LogP contribution in [-0.4, -0.2) is 47.4 Å². The molecule has 210 valence electrons. The van der Waals surface area contributed by atoms with Crippen LogP contribution < -0.4 is 10.6 Å². The van der Waals surface area contributed by atoms with Crippen molar-refractivity contribution in [2.24, 2.45) is 0 Å². The minimum Gasteiger partial charge on any atom is -0.480 e. The largest absolute Gasteiger partial charge is 0.480 e. The summed E-state index contributed by atoms with van der Waals surface area (Å²) >= 11 is 0. The Bertz CT molecular complexity index is 1290. The van der Waals surface area contributed by atoms with Gasteiger partial charge in [0.15, 0.2) is 6.04 Å². The smallest absolute Gasteiger partial charge is 0.407 e. The normalized spacial score (nSPS) is 14.0. The molecule has 0 fully saturated rings. The van der Waals surface area contributed by atoms with E-state index in [0.29, 0.717) is 0 Å². The second kappa shape index (κ2) is 12.8. The molecular weight excluding hydrogens is 508 g/mol. The highest BCUT2D eigenvalue weighted by molar-refractivity contribution is 5.84. The van der Waals surface area contributed by atoms with Gasteiger partial charge in [-0.1, -0.05) is 78.9 Å². The van der Waals surface area contributed by atoms with E-state index in [0.717, 1.165) is 27.8 Å². The van der Waals surface area contributed by atoms with Crippen LogP contribution in [0.3, 0.4) is 0 Å². The van der Waals surface area contributed by atoms with Crippen molar-refractivity contribution in [1.82, 2.24) is 10.6 Å². The topological polar surface area (TPSA) is 114 Å². The number of hydrogen-bond donors (Lipinski definition) is 3. The summed E-state index contributed by atoms with van der Waals surface area (Å²) < 4.78 is 11.3. The molecule has 0 spiro atoms. The molecule has 0 heterocycles. The molecule has 3 N–H and O–H groups in total. The quantitative estimate of drug-likeness (QED) is 0.287. The van der Waals surface area contributed by atoms with E-state index in [4.69, 9.17) is 9.47 Å². The molecule has 2 amide bonds. The number of carboxylic acid groups (broad SMARTS) is 1. The van der Waals surface area contributed by atoms with Gasteiger partial charge in [0.1, 0.15) is 6.61 Å². The Hall–Kier alpha value is -4.17. The summed E-state index contributed by atoms with van der Waals surface area (Å²) in [7, 11) is 0. The fraction of sp³-hybridized carbons (Fsp3) is 0.344. The molecule has 0 aromatic heterocycles. The standard InChI is InChI=1S/C32H36N2O6/c1-21(39-19-22-11-5-4-6-12-22)29(30(36)37)33-28(35)17-18-32(2,3)34-31(38)40-20-27-25-15-9-7-13-23(25)24-14-8-10-16-26(24)27/h4-16,21,27,29H,17-20H2,1-3H3,(H,33,35)(H,34,38)(H,36,37)/t21-,29+/m1/s1. The molecule has 4 rings (SSSR count). The molecule has 0 radical (unpaired) electrons. The third-order valence-electron chi connectivity index (χ3n) is 7.17. The number of benzene rings is 3. The lowest BCUT2D eigenvalue weighted by molar-refractivity contribution is -0.146. The van der Waals surface area contributed by atoms with Crippen molar-refractivity contribution in [2.45, 2.75) is 63.8 Å². The number of nitrogens with one attached hydrogen (secondary N) is 2. The third kappa shape index (κ3) is 7.27. The highest BCUT2D eigenvalue weighted by Crippen LogP contribution is 2.44. The zero-order valence-corrected chi connectivity index (χ0v) is 23.1. The summed E-state index contributed by atoms with van der Waals surface area (Å²) in [5.41, 5.74) is 4.71. The van der Waals surface area contributed by atoms with Crippen molar-refractivity contribution in [3.63, 3.8) is 0 Å². The van der Waals surface area contributed by atoms with Crippen molar-refractivity contribution >= 4 is 18.0 Å². The van der Waals surface area contributed by atoms with Gasteiger partial charge in [-0.2, -0.15) is 0 Å². The lowest BCUT2D eigenvalue weighted by Crippen LogP contribution is -2.49. The average Bonchev–Trinajstić information content (AvgIpc) is 3.26. The molecule has 0 aliphatic heterocycles. The van der Waals surface area contributed by atoms with E-state index in [-0.39, 0.29) is 32.0 Å². The molecular formula is C32H36N2O6. The number of carboxylic acids is 1. The van der Waals surface area contributed by atoms with Gasteiger partial charge in [0, 0.05) is 17.9 Å². The minimum absolute atomic E-state index is 0.0197. The maximum Gasteiger partial charge on any atom is 0.407 e. The lowest BCUT2D eigenvalue weighted by Gasteiger charge is -2.27. The first-order chi connectivity index (χ1) is 19.1. The number of fused-ring (bicyclic) bond motifs is 3. The van der Waals surface area contributed by atoms with E-state index in [1.807, 2.05) is 54.6 Å². The van der Waals surface area contributed by atoms with E-state index < -0.39 is 35.7 Å². The number of carbonyl (C=O) groups is 3. The Labute approximate surface area is 234 Å². The van der Waals surface area contributed by atoms with E-state index in [1.54, 1.807) is 20.8 Å². The van der Waals surface area contributed by atoms with Crippen molar-refractivity contribution in [2.75, 3.05) is 6.61 Å². The first-order valence-corrected chi connectivity index (χ1v) is 13.5. The molecule has 0 bridgehead atoms. The molecule has 0 unspecified atom stereocenters. The maximum atomic E-state index is 12.7. The molecule has 0 saturated carbocycles. The molecule has 8 nitrogen and oxygen atoms in total. The molecule has 3 aromatic carbocycles. The van der Waals surface area contributed by atoms with E-state index in [1.165, 1.54) is 0 Å². The number of rotatable bonds is 12. The Morgan fingerprint density at radius 3 is 2.08 bits per heavy atom. The van der Waals surface area contributed by atoms with Crippen LogP contribution in [0.2, 0.25) is 0 Å². The van der Waals surface area contributed by atoms with Gasteiger partial charge in [0.2, 0.25) is 5.91 Å². The maximum absolute atomic E-state index is 12.7. The van der Waals surface area contributed by atoms with Gasteiger partial charge in [-0.25, -0.2) is 9.59 Å². The highest BCUT2D eigenvalue weighted by Gasteiger charge is 2.31. The molecule has 1 aliphatic rings. The van der Waals surface area contributed by atoms with Crippen LogP contribution >= 0.6 is 0 Å². The van der Waals surface area contributed by atoms with Crippen LogP contribution in [0.4, 0.5) is 4.79 Å². The lowest BCUT2D eigenvalue weighted by atomic mass is 9.98. The SMILES string of the molecule is C[C@@H](OCc1ccccc1)[C@H](NC(=O)CCC(C)(C)NC(=O)OCC1c2ccccc2-c2ccccc21)C(=O)O. The number of alkyl carbamates (subject to hydrolysis) is 1. The summed E-state index contributed by atoms with van der Waals surface area (Å²) in [6, 6.07) is 24.4. The fourth-order valence-corrected chi connectivity index (χ4v) is 4.92. The van der Waals surface area contributed by atoms with E-state index >= 15 is 0 Å². The predicted molar refractivity (Wildman–Crippen MR) is 152 cm³/mol. The van der Waals surface area contributed by atoms with Gasteiger partial charge in [-0.05, 0) is 55.0 Å². The minimum atomic E-state index is -1.20. The van der Waals surface area contributed by atoms with E-state index in [9.17, 15) is 19.5 Å². The van der Waals surface area contributed by atoms with Crippen LogP contribution in [0.5, 0.6) is 0 Å². The molecule has 40 heavy (non-hydrogen) atoms. The molecule has 2 atom stereocenters. The second-order valence-electron chi connectivity index (χ2n) is 10.7. The Morgan fingerprint density at radius 2 is 1.48 bits per heavy atom. The van der Waals surface area contributed by atoms with Crippen molar-refractivity contribution < 1.29 is 29.0 Å². The monoisotopic (exact) mass is 544 g/mol. The molecule has 8 heteroatoms. The van der Waals surface area contributed by atoms with Gasteiger partial charge < -0.3 is 25.2 Å². The van der Waals surface area contributed by atoms with Crippen LogP contribution in [0, 0.1) is 0 Å². The van der Waals surface area contributed by atoms with Crippen LogP contribution in [0.1, 0.15) is 56.2 Å². The second-order valence-corrected chi connectivity index (χ2v) is 10.7. The van der Waals surface area contributed by atoms with Crippen molar-refractivity contribution in [1.29, 1.82) is 0 Å². The zero-order chi connectivity index (χ0) is 28.7. The Morgan fingerprint density at radius 1 is 0.900 bits per heavy atom. The Kier molecular flexibility index (Phi) is 9.22. The first kappa shape index (κ1) is 28.8. The number of amides is 2. The van der Waals surface area contributed by atoms with Gasteiger partial charge in [0.05, 0.1) is 12.7 Å². The van der Waals surface area contributed by atoms with Gasteiger partial charge >= 0.3 is 12.1 Å². The van der Waals surface area contributed by atoms with E-state index in [2.05, 4.69) is 34.9 Å². The molecule has 1 aliphatic carbocycles. The fourth-order valence-electron chi connectivity index (χ4n) is 4.92. The van der Waals surface area contributed by atoms with Crippen LogP contribution in [0.25, 0.3) is 11.1 Å². The summed E-state index contributed by atoms with van der Waals surface area (Å²) in [6.07, 6.45) is -1.01. The van der Waals surface area contributed by atoms with Crippen LogP contribution in [-0.2, 0) is 25.7 Å². The van der Waals surface area contributed by atoms with Gasteiger partial charge in [-0.15, -0.1) is 0 Å². The third-order valence-corrected chi connectivity index (χ3v) is 7.17. The summed E-state index contributed by atoms with van der Waals surface area (Å²) in [4.78, 5) is 37.1. The number of carbonyl (C=O) groups excluding carboxylic acids is 2. The zero-order valence-electron chi connectivity index (χ0n) is 23.1. The predicted octanol–water partition coefficient (Wildman–Crippen LogP) is 5.26. The first-order valence-electron chi connectivity index (χ1n) is 13.5. The van der Waals surface area contributed by atoms with Crippen molar-refractivity contribution in [3.8, 4) is 11.1 Å². The molecule has 3 aromatic rings. The van der Waals surface area contributed by atoms with Crippen LogP contribution in [0.15, 0.2) is 78.9 Å². The van der Waals surface area contributed by atoms with Gasteiger partial charge in [-0.3, -0.25) is 4.79 Å². The highest BCUT2D eigenvalue weighted by atomic mass is 16.5. The summed E-state index contributed by atoms with van der Waals surface area (Å²) in [5, 5.41) is 15.0. The molecule has 0 saturated heterocycles.